The van der Waals surface area contributed by atoms with Crippen LogP contribution in [0, 0.1) is 6.92 Å². The molecule has 10 heteroatoms. The normalized spacial score (nSPS) is 12.9. The summed E-state index contributed by atoms with van der Waals surface area (Å²) < 4.78 is 8.08. The van der Waals surface area contributed by atoms with E-state index in [1.54, 1.807) is 17.1 Å². The number of rotatable bonds is 9. The maximum atomic E-state index is 13.4. The summed E-state index contributed by atoms with van der Waals surface area (Å²) in [5.74, 6) is 3.16. The quantitative estimate of drug-likeness (QED) is 0.145. The first-order chi connectivity index (χ1) is 23.2. The fourth-order valence-electron chi connectivity index (χ4n) is 5.44. The van der Waals surface area contributed by atoms with Crippen molar-refractivity contribution in [2.75, 3.05) is 16.0 Å². The Balaban J connectivity index is 1.06. The number of urea groups is 1. The van der Waals surface area contributed by atoms with E-state index in [9.17, 15) is 4.79 Å². The van der Waals surface area contributed by atoms with Gasteiger partial charge in [0.05, 0.1) is 29.0 Å². The van der Waals surface area contributed by atoms with Crippen molar-refractivity contribution in [3.63, 3.8) is 0 Å². The van der Waals surface area contributed by atoms with Gasteiger partial charge in [-0.1, -0.05) is 62.7 Å². The Kier molecular flexibility index (Phi) is 8.22. The number of hydrogen-bond acceptors (Lipinski definition) is 7. The van der Waals surface area contributed by atoms with Gasteiger partial charge >= 0.3 is 6.03 Å². The summed E-state index contributed by atoms with van der Waals surface area (Å²) in [5.41, 5.74) is 5.33. The topological polar surface area (TPSA) is 119 Å². The van der Waals surface area contributed by atoms with Gasteiger partial charge in [-0.05, 0) is 61.7 Å². The molecule has 1 fully saturated rings. The number of anilines is 4. The monoisotopic (exact) mass is 638 g/mol. The molecule has 1 saturated carbocycles. The zero-order valence-electron chi connectivity index (χ0n) is 27.5. The number of carbonyl (C=O) groups excluding carboxylic acids is 1. The van der Waals surface area contributed by atoms with Gasteiger partial charge in [-0.15, -0.1) is 0 Å². The number of nitrogens with one attached hydrogen (secondary N) is 3. The Morgan fingerprint density at radius 2 is 1.71 bits per heavy atom. The number of ether oxygens (including phenoxy) is 1. The van der Waals surface area contributed by atoms with E-state index in [-0.39, 0.29) is 11.4 Å². The van der Waals surface area contributed by atoms with E-state index in [2.05, 4.69) is 51.7 Å². The van der Waals surface area contributed by atoms with Gasteiger partial charge in [0.2, 0.25) is 0 Å². The van der Waals surface area contributed by atoms with Crippen molar-refractivity contribution in [3.8, 4) is 11.4 Å². The van der Waals surface area contributed by atoms with E-state index < -0.39 is 0 Å². The highest BCUT2D eigenvalue weighted by Crippen LogP contribution is 2.39. The second-order valence-corrected chi connectivity index (χ2v) is 13.2. The molecule has 7 rings (SSSR count). The molecule has 1 aliphatic rings. The fourth-order valence-corrected chi connectivity index (χ4v) is 5.44. The Bertz CT molecular complexity index is 2100. The Labute approximate surface area is 279 Å². The van der Waals surface area contributed by atoms with Crippen molar-refractivity contribution in [1.29, 1.82) is 0 Å². The lowest BCUT2D eigenvalue weighted by molar-refractivity contribution is 0.262. The summed E-state index contributed by atoms with van der Waals surface area (Å²) in [4.78, 5) is 26.9. The first-order valence-electron chi connectivity index (χ1n) is 16.1. The molecule has 0 saturated heterocycles. The van der Waals surface area contributed by atoms with E-state index >= 15 is 0 Å². The summed E-state index contributed by atoms with van der Waals surface area (Å²) in [6.07, 6.45) is 7.63. The van der Waals surface area contributed by atoms with Gasteiger partial charge < -0.3 is 15.4 Å². The molecule has 6 aromatic rings. The summed E-state index contributed by atoms with van der Waals surface area (Å²) in [5, 5.41) is 15.9. The second kappa shape index (κ2) is 12.8. The molecule has 48 heavy (non-hydrogen) atoms. The molecule has 0 bridgehead atoms. The second-order valence-electron chi connectivity index (χ2n) is 13.2. The summed E-state index contributed by atoms with van der Waals surface area (Å²) in [6.45, 7) is 8.68. The highest BCUT2D eigenvalue weighted by molar-refractivity contribution is 6.07. The van der Waals surface area contributed by atoms with Crippen molar-refractivity contribution >= 4 is 39.9 Å². The first-order valence-corrected chi connectivity index (χ1v) is 16.1. The first kappa shape index (κ1) is 30.9. The molecule has 242 valence electrons. The lowest BCUT2D eigenvalue weighted by Gasteiger charge is -2.15. The van der Waals surface area contributed by atoms with E-state index in [0.717, 1.165) is 39.0 Å². The number of carbonyl (C=O) groups is 1. The van der Waals surface area contributed by atoms with Crippen LogP contribution < -0.4 is 20.7 Å². The molecular formula is C38H38N8O2. The van der Waals surface area contributed by atoms with Gasteiger partial charge in [0, 0.05) is 40.6 Å². The maximum Gasteiger partial charge on any atom is 0.324 e. The molecule has 0 atom stereocenters. The summed E-state index contributed by atoms with van der Waals surface area (Å²) >= 11 is 0. The van der Waals surface area contributed by atoms with Crippen molar-refractivity contribution in [2.24, 2.45) is 0 Å². The van der Waals surface area contributed by atoms with E-state index in [1.165, 1.54) is 12.8 Å². The zero-order chi connectivity index (χ0) is 33.3. The Hall–Kier alpha value is -5.77. The van der Waals surface area contributed by atoms with Gasteiger partial charge in [0.25, 0.3) is 0 Å². The molecule has 0 unspecified atom stereocenters. The maximum absolute atomic E-state index is 13.4. The van der Waals surface area contributed by atoms with Crippen LogP contribution in [0.1, 0.15) is 62.0 Å². The molecule has 3 aromatic carbocycles. The molecule has 3 N–H and O–H groups in total. The van der Waals surface area contributed by atoms with E-state index in [1.807, 2.05) is 92.0 Å². The van der Waals surface area contributed by atoms with Gasteiger partial charge in [0.15, 0.2) is 0 Å². The highest BCUT2D eigenvalue weighted by Gasteiger charge is 2.25. The minimum Gasteiger partial charge on any atom is -0.488 e. The number of fused-ring (bicyclic) bond motifs is 1. The summed E-state index contributed by atoms with van der Waals surface area (Å²) in [7, 11) is 0. The molecule has 0 aliphatic heterocycles. The van der Waals surface area contributed by atoms with Gasteiger partial charge in [-0.3, -0.25) is 10.3 Å². The minimum atomic E-state index is -0.369. The number of amides is 2. The third-order valence-electron chi connectivity index (χ3n) is 8.25. The number of aromatic nitrogens is 5. The van der Waals surface area contributed by atoms with E-state index in [4.69, 9.17) is 9.84 Å². The molecule has 3 aromatic heterocycles. The van der Waals surface area contributed by atoms with Crippen molar-refractivity contribution in [3.05, 3.63) is 120 Å². The average molecular weight is 639 g/mol. The number of aryl methyl sites for hydroxylation is 1. The van der Waals surface area contributed by atoms with Gasteiger partial charge in [-0.25, -0.2) is 19.4 Å². The highest BCUT2D eigenvalue weighted by atomic mass is 16.5. The molecule has 3 heterocycles. The molecular weight excluding hydrogens is 600 g/mol. The largest absolute Gasteiger partial charge is 0.488 e. The van der Waals surface area contributed by atoms with E-state index in [0.29, 0.717) is 41.4 Å². The van der Waals surface area contributed by atoms with Crippen LogP contribution in [0.2, 0.25) is 0 Å². The molecule has 1 aliphatic carbocycles. The fraction of sp³-hybridized carbons (Fsp3) is 0.237. The van der Waals surface area contributed by atoms with Gasteiger partial charge in [-0.2, -0.15) is 5.10 Å². The average Bonchev–Trinajstić information content (AvgIpc) is 3.84. The minimum absolute atomic E-state index is 0.195. The zero-order valence-corrected chi connectivity index (χ0v) is 27.5. The molecule has 10 nitrogen and oxygen atoms in total. The van der Waals surface area contributed by atoms with Crippen LogP contribution in [-0.2, 0) is 12.0 Å². The van der Waals surface area contributed by atoms with Crippen molar-refractivity contribution in [1.82, 2.24) is 24.7 Å². The standard InChI is InChI=1S/C38H38N8O2/c1-24-9-13-27(14-10-24)46-36(20-33(45-46)38(2,3)4)44-37(47)42-30-15-16-32(29-8-6-5-7-28(29)30)48-23-25-17-18-40-34(19-25)43-35-22-39-21-31(41-35)26-11-12-26/h5-10,13-22,26H,11-12,23H2,1-4H3,(H,40,41,43)(H2,42,44,47). The number of benzene rings is 3. The van der Waals surface area contributed by atoms with Crippen LogP contribution in [-0.4, -0.2) is 30.8 Å². The SMILES string of the molecule is Cc1ccc(-n2nc(C(C)(C)C)cc2NC(=O)Nc2ccc(OCc3ccnc(Nc4cncc(C5CC5)n4)c3)c3ccccc23)cc1. The summed E-state index contributed by atoms with van der Waals surface area (Å²) in [6, 6.07) is 25.1. The van der Waals surface area contributed by atoms with Crippen LogP contribution in [0.15, 0.2) is 97.5 Å². The lowest BCUT2D eigenvalue weighted by atomic mass is 9.92. The number of pyridine rings is 1. The Morgan fingerprint density at radius 1 is 0.917 bits per heavy atom. The Morgan fingerprint density at radius 3 is 2.48 bits per heavy atom. The smallest absolute Gasteiger partial charge is 0.324 e. The predicted molar refractivity (Wildman–Crippen MR) is 189 cm³/mol. The van der Waals surface area contributed by atoms with Crippen LogP contribution in [0.25, 0.3) is 16.5 Å². The van der Waals surface area contributed by atoms with Crippen LogP contribution in [0.3, 0.4) is 0 Å². The third kappa shape index (κ3) is 6.97. The molecule has 2 amide bonds. The van der Waals surface area contributed by atoms with Crippen LogP contribution >= 0.6 is 0 Å². The molecule has 0 spiro atoms. The van der Waals surface area contributed by atoms with Crippen LogP contribution in [0.5, 0.6) is 5.75 Å². The lowest BCUT2D eigenvalue weighted by Crippen LogP contribution is -2.21. The number of nitrogens with zero attached hydrogens (tertiary/aromatic N) is 5. The van der Waals surface area contributed by atoms with Crippen molar-refractivity contribution in [2.45, 2.75) is 58.5 Å². The number of hydrogen-bond donors (Lipinski definition) is 3. The van der Waals surface area contributed by atoms with Gasteiger partial charge in [0.1, 0.15) is 29.8 Å². The van der Waals surface area contributed by atoms with Crippen molar-refractivity contribution < 1.29 is 9.53 Å². The predicted octanol–water partition coefficient (Wildman–Crippen LogP) is 8.66. The molecule has 0 radical (unpaired) electrons. The van der Waals surface area contributed by atoms with Crippen LogP contribution in [0.4, 0.5) is 27.9 Å². The third-order valence-corrected chi connectivity index (χ3v) is 8.25.